The van der Waals surface area contributed by atoms with Gasteiger partial charge in [0.25, 0.3) is 0 Å². The van der Waals surface area contributed by atoms with Gasteiger partial charge in [-0.2, -0.15) is 0 Å². The maximum atomic E-state index is 12.4. The highest BCUT2D eigenvalue weighted by Crippen LogP contribution is 2.25. The lowest BCUT2D eigenvalue weighted by atomic mass is 10.1. The Labute approximate surface area is 138 Å². The van der Waals surface area contributed by atoms with Crippen LogP contribution in [0.3, 0.4) is 0 Å². The molecule has 0 bridgehead atoms. The van der Waals surface area contributed by atoms with E-state index in [9.17, 15) is 4.79 Å². The fourth-order valence-corrected chi connectivity index (χ4v) is 2.78. The van der Waals surface area contributed by atoms with Crippen molar-refractivity contribution in [3.8, 4) is 0 Å². The Morgan fingerprint density at radius 1 is 1.48 bits per heavy atom. The van der Waals surface area contributed by atoms with Crippen LogP contribution in [0.15, 0.2) is 22.7 Å². The summed E-state index contributed by atoms with van der Waals surface area (Å²) in [6.45, 7) is 7.75. The van der Waals surface area contributed by atoms with Crippen molar-refractivity contribution in [1.82, 2.24) is 14.9 Å². The van der Waals surface area contributed by atoms with E-state index in [0.717, 1.165) is 15.5 Å². The lowest BCUT2D eigenvalue weighted by Crippen LogP contribution is -2.44. The minimum absolute atomic E-state index is 0.0453. The van der Waals surface area contributed by atoms with Gasteiger partial charge in [-0.25, -0.2) is 4.98 Å². The third-order valence-corrected chi connectivity index (χ3v) is 3.84. The smallest absolute Gasteiger partial charge is 0.243 e. The quantitative estimate of drug-likeness (QED) is 0.827. The summed E-state index contributed by atoms with van der Waals surface area (Å²) in [7, 11) is 0. The highest BCUT2D eigenvalue weighted by Gasteiger charge is 2.24. The number of imidazole rings is 1. The van der Waals surface area contributed by atoms with Gasteiger partial charge in [0, 0.05) is 10.0 Å². The predicted molar refractivity (Wildman–Crippen MR) is 89.6 cm³/mol. The summed E-state index contributed by atoms with van der Waals surface area (Å²) in [5.74, 6) is 0.914. The maximum absolute atomic E-state index is 12.4. The summed E-state index contributed by atoms with van der Waals surface area (Å²) >= 11 is 9.43. The first-order chi connectivity index (χ1) is 9.73. The summed E-state index contributed by atoms with van der Waals surface area (Å²) < 4.78 is 2.85. The summed E-state index contributed by atoms with van der Waals surface area (Å²) in [4.78, 5) is 16.9. The topological polar surface area (TPSA) is 46.9 Å². The van der Waals surface area contributed by atoms with Gasteiger partial charge in [0.15, 0.2) is 0 Å². The number of fused-ring (bicyclic) bond motifs is 1. The van der Waals surface area contributed by atoms with Crippen molar-refractivity contribution >= 4 is 44.5 Å². The first kappa shape index (κ1) is 16.3. The van der Waals surface area contributed by atoms with E-state index < -0.39 is 0 Å². The fraction of sp³-hybridized carbons (Fsp3) is 0.467. The molecule has 1 N–H and O–H groups in total. The van der Waals surface area contributed by atoms with Crippen molar-refractivity contribution in [3.63, 3.8) is 0 Å². The van der Waals surface area contributed by atoms with Crippen molar-refractivity contribution in [2.75, 3.05) is 0 Å². The van der Waals surface area contributed by atoms with Crippen LogP contribution in [-0.2, 0) is 10.7 Å². The molecule has 1 heterocycles. The fourth-order valence-electron chi connectivity index (χ4n) is 2.24. The molecular formula is C15H19BrClN3O. The second kappa shape index (κ2) is 5.97. The molecule has 1 unspecified atom stereocenters. The highest BCUT2D eigenvalue weighted by atomic mass is 79.9. The average Bonchev–Trinajstić information content (AvgIpc) is 2.73. The molecule has 0 aliphatic carbocycles. The Morgan fingerprint density at radius 3 is 2.71 bits per heavy atom. The van der Waals surface area contributed by atoms with E-state index in [1.165, 1.54) is 0 Å². The number of nitrogens with zero attached hydrogens (tertiary/aromatic N) is 2. The number of hydrogen-bond donors (Lipinski definition) is 1. The summed E-state index contributed by atoms with van der Waals surface area (Å²) in [6.07, 6.45) is 0. The average molecular weight is 373 g/mol. The molecule has 0 saturated carbocycles. The number of rotatable bonds is 3. The van der Waals surface area contributed by atoms with Crippen molar-refractivity contribution in [3.05, 3.63) is 28.5 Å². The zero-order chi connectivity index (χ0) is 15.8. The minimum Gasteiger partial charge on any atom is -0.350 e. The Morgan fingerprint density at radius 2 is 2.14 bits per heavy atom. The Hall–Kier alpha value is -1.07. The summed E-state index contributed by atoms with van der Waals surface area (Å²) in [5.41, 5.74) is 1.46. The van der Waals surface area contributed by atoms with E-state index in [-0.39, 0.29) is 23.4 Å². The third-order valence-electron chi connectivity index (χ3n) is 3.11. The molecule has 1 atom stereocenters. The molecule has 0 radical (unpaired) electrons. The Kier molecular flexibility index (Phi) is 4.63. The van der Waals surface area contributed by atoms with Crippen molar-refractivity contribution in [1.29, 1.82) is 0 Å². The van der Waals surface area contributed by atoms with Crippen LogP contribution in [0, 0.1) is 0 Å². The SMILES string of the molecule is CC(C(=O)NC(C)(C)C)n1c(CCl)nc2cc(Br)ccc21. The van der Waals surface area contributed by atoms with Crippen LogP contribution in [0.4, 0.5) is 0 Å². The van der Waals surface area contributed by atoms with Crippen molar-refractivity contribution < 1.29 is 4.79 Å². The predicted octanol–water partition coefficient (Wildman–Crippen LogP) is 4.01. The van der Waals surface area contributed by atoms with Gasteiger partial charge in [-0.15, -0.1) is 11.6 Å². The molecule has 0 fully saturated rings. The second-order valence-corrected chi connectivity index (χ2v) is 7.26. The van der Waals surface area contributed by atoms with E-state index in [1.54, 1.807) is 0 Å². The minimum atomic E-state index is -0.371. The molecule has 114 valence electrons. The van der Waals surface area contributed by atoms with Crippen LogP contribution in [-0.4, -0.2) is 21.0 Å². The van der Waals surface area contributed by atoms with E-state index in [0.29, 0.717) is 5.82 Å². The molecule has 1 aromatic carbocycles. The monoisotopic (exact) mass is 371 g/mol. The lowest BCUT2D eigenvalue weighted by Gasteiger charge is -2.24. The number of hydrogen-bond acceptors (Lipinski definition) is 2. The molecule has 0 spiro atoms. The molecule has 21 heavy (non-hydrogen) atoms. The first-order valence-corrected chi connectivity index (χ1v) is 8.10. The third kappa shape index (κ3) is 3.58. The number of aromatic nitrogens is 2. The second-order valence-electron chi connectivity index (χ2n) is 6.08. The van der Waals surface area contributed by atoms with Crippen LogP contribution in [0.2, 0.25) is 0 Å². The van der Waals surface area contributed by atoms with E-state index in [4.69, 9.17) is 11.6 Å². The number of benzene rings is 1. The number of halogens is 2. The van der Waals surface area contributed by atoms with Gasteiger partial charge in [0.1, 0.15) is 11.9 Å². The molecule has 2 aromatic rings. The molecule has 2 rings (SSSR count). The van der Waals surface area contributed by atoms with Crippen LogP contribution in [0.25, 0.3) is 11.0 Å². The van der Waals surface area contributed by atoms with Crippen LogP contribution in [0.5, 0.6) is 0 Å². The van der Waals surface area contributed by atoms with E-state index >= 15 is 0 Å². The van der Waals surface area contributed by atoms with Crippen molar-refractivity contribution in [2.45, 2.75) is 45.2 Å². The molecule has 0 aliphatic heterocycles. The van der Waals surface area contributed by atoms with Gasteiger partial charge in [0.2, 0.25) is 5.91 Å². The van der Waals surface area contributed by atoms with Gasteiger partial charge in [-0.1, -0.05) is 15.9 Å². The molecule has 0 aliphatic rings. The standard InChI is InChI=1S/C15H19BrClN3O/c1-9(14(21)19-15(2,3)4)20-12-6-5-10(16)7-11(12)18-13(20)8-17/h5-7,9H,8H2,1-4H3,(H,19,21). The molecule has 1 amide bonds. The van der Waals surface area contributed by atoms with Gasteiger partial charge < -0.3 is 9.88 Å². The normalized spacial score (nSPS) is 13.4. The van der Waals surface area contributed by atoms with Gasteiger partial charge >= 0.3 is 0 Å². The number of amides is 1. The summed E-state index contributed by atoms with van der Waals surface area (Å²) in [6, 6.07) is 5.44. The maximum Gasteiger partial charge on any atom is 0.243 e. The van der Waals surface area contributed by atoms with Crippen LogP contribution < -0.4 is 5.32 Å². The lowest BCUT2D eigenvalue weighted by molar-refractivity contribution is -0.125. The Bertz CT molecular complexity index is 675. The molecule has 1 aromatic heterocycles. The van der Waals surface area contributed by atoms with Gasteiger partial charge in [0.05, 0.1) is 16.9 Å². The van der Waals surface area contributed by atoms with E-state index in [1.807, 2.05) is 50.5 Å². The van der Waals surface area contributed by atoms with Crippen LogP contribution >= 0.6 is 27.5 Å². The number of nitrogens with one attached hydrogen (secondary N) is 1. The van der Waals surface area contributed by atoms with E-state index in [2.05, 4.69) is 26.2 Å². The number of alkyl halides is 1. The number of carbonyl (C=O) groups is 1. The molecule has 0 saturated heterocycles. The Balaban J connectivity index is 2.47. The molecular weight excluding hydrogens is 354 g/mol. The molecule has 4 nitrogen and oxygen atoms in total. The van der Waals surface area contributed by atoms with Gasteiger partial charge in [-0.3, -0.25) is 4.79 Å². The zero-order valence-corrected chi connectivity index (χ0v) is 14.9. The van der Waals surface area contributed by atoms with Gasteiger partial charge in [-0.05, 0) is 45.9 Å². The van der Waals surface area contributed by atoms with Crippen molar-refractivity contribution in [2.24, 2.45) is 0 Å². The first-order valence-electron chi connectivity index (χ1n) is 6.77. The number of carbonyl (C=O) groups excluding carboxylic acids is 1. The largest absolute Gasteiger partial charge is 0.350 e. The van der Waals surface area contributed by atoms with Crippen LogP contribution in [0.1, 0.15) is 39.6 Å². The molecule has 6 heteroatoms. The zero-order valence-electron chi connectivity index (χ0n) is 12.6. The summed E-state index contributed by atoms with van der Waals surface area (Å²) in [5, 5.41) is 2.99. The highest BCUT2D eigenvalue weighted by molar-refractivity contribution is 9.10.